The van der Waals surface area contributed by atoms with Gasteiger partial charge in [0.1, 0.15) is 5.82 Å². The van der Waals surface area contributed by atoms with Crippen molar-refractivity contribution in [3.63, 3.8) is 0 Å². The molecule has 1 N–H and O–H groups in total. The molecule has 2 nitrogen and oxygen atoms in total. The number of nitrogens with one attached hydrogen (secondary N) is 1. The Labute approximate surface area is 122 Å². The number of rotatable bonds is 3. The summed E-state index contributed by atoms with van der Waals surface area (Å²) in [5, 5.41) is 1.46. The quantitative estimate of drug-likeness (QED) is 0.907. The molecule has 0 saturated carbocycles. The van der Waals surface area contributed by atoms with E-state index in [1.807, 2.05) is 45.9 Å². The van der Waals surface area contributed by atoms with Crippen molar-refractivity contribution in [3.05, 3.63) is 47.8 Å². The van der Waals surface area contributed by atoms with Gasteiger partial charge >= 0.3 is 0 Å². The molecule has 2 rings (SSSR count). The summed E-state index contributed by atoms with van der Waals surface area (Å²) in [7, 11) is -1.16. The van der Waals surface area contributed by atoms with E-state index in [-0.39, 0.29) is 16.6 Å². The molecule has 0 radical (unpaired) electrons. The summed E-state index contributed by atoms with van der Waals surface area (Å²) >= 11 is 0. The van der Waals surface area contributed by atoms with Gasteiger partial charge in [-0.25, -0.2) is 13.3 Å². The van der Waals surface area contributed by atoms with E-state index in [9.17, 15) is 8.60 Å². The van der Waals surface area contributed by atoms with Crippen molar-refractivity contribution in [2.45, 2.75) is 38.5 Å². The molecule has 0 aliphatic heterocycles. The number of hydrogen-bond donors (Lipinski definition) is 1. The Morgan fingerprint density at radius 2 is 1.70 bits per heavy atom. The van der Waals surface area contributed by atoms with Crippen molar-refractivity contribution in [2.24, 2.45) is 0 Å². The smallest absolute Gasteiger partial charge is 0.131 e. The number of halogens is 1. The predicted octanol–water partition coefficient (Wildman–Crippen LogP) is 4.09. The van der Waals surface area contributed by atoms with Gasteiger partial charge in [-0.3, -0.25) is 0 Å². The first-order valence-electron chi connectivity index (χ1n) is 6.66. The van der Waals surface area contributed by atoms with Crippen molar-refractivity contribution < 1.29 is 8.60 Å². The zero-order chi connectivity index (χ0) is 14.9. The lowest BCUT2D eigenvalue weighted by Crippen LogP contribution is -2.34. The highest BCUT2D eigenvalue weighted by Gasteiger charge is 2.22. The molecule has 0 aliphatic rings. The van der Waals surface area contributed by atoms with E-state index in [0.29, 0.717) is 5.39 Å². The first kappa shape index (κ1) is 15.1. The Morgan fingerprint density at radius 3 is 2.35 bits per heavy atom. The van der Waals surface area contributed by atoms with Gasteiger partial charge in [0.25, 0.3) is 0 Å². The molecule has 0 amide bonds. The van der Waals surface area contributed by atoms with Gasteiger partial charge in [-0.2, -0.15) is 0 Å². The number of fused-ring (bicyclic) bond motifs is 1. The van der Waals surface area contributed by atoms with Crippen molar-refractivity contribution in [1.82, 2.24) is 4.72 Å². The van der Waals surface area contributed by atoms with E-state index in [4.69, 9.17) is 0 Å². The maximum atomic E-state index is 13.8. The molecule has 4 heteroatoms. The third-order valence-corrected chi connectivity index (χ3v) is 4.89. The summed E-state index contributed by atoms with van der Waals surface area (Å²) in [5.41, 5.74) is 0.958. The molecule has 0 heterocycles. The maximum Gasteiger partial charge on any atom is 0.131 e. The third-order valence-electron chi connectivity index (χ3n) is 3.21. The van der Waals surface area contributed by atoms with Gasteiger partial charge in [0.05, 0.1) is 15.7 Å². The summed E-state index contributed by atoms with van der Waals surface area (Å²) in [6.45, 7) is 7.71. The van der Waals surface area contributed by atoms with Gasteiger partial charge in [-0.1, -0.05) is 30.3 Å². The van der Waals surface area contributed by atoms with Crippen molar-refractivity contribution >= 4 is 21.8 Å². The zero-order valence-corrected chi connectivity index (χ0v) is 13.1. The van der Waals surface area contributed by atoms with Crippen LogP contribution in [0.25, 0.3) is 10.8 Å². The molecule has 0 bridgehead atoms. The van der Waals surface area contributed by atoms with Gasteiger partial charge in [0, 0.05) is 11.4 Å². The summed E-state index contributed by atoms with van der Waals surface area (Å²) in [5.74, 6) is -0.228. The minimum atomic E-state index is -1.16. The lowest BCUT2D eigenvalue weighted by Gasteiger charge is -2.23. The fourth-order valence-electron chi connectivity index (χ4n) is 2.07. The fraction of sp³-hybridized carbons (Fsp3) is 0.375. The van der Waals surface area contributed by atoms with Crippen LogP contribution in [0.4, 0.5) is 4.39 Å². The van der Waals surface area contributed by atoms with Crippen LogP contribution in [0.2, 0.25) is 0 Å². The Kier molecular flexibility index (Phi) is 4.25. The van der Waals surface area contributed by atoms with Crippen molar-refractivity contribution in [2.75, 3.05) is 0 Å². The highest BCUT2D eigenvalue weighted by molar-refractivity contribution is 7.84. The Hall–Kier alpha value is -1.26. The Bertz CT molecular complexity index is 648. The molecule has 0 saturated heterocycles. The average molecular weight is 293 g/mol. The molecular weight excluding hydrogens is 273 g/mol. The van der Waals surface area contributed by atoms with Crippen LogP contribution >= 0.6 is 0 Å². The SMILES string of the molecule is CC(NS(=O)C(C)(C)C)c1cccc2c(F)cccc12. The standard InChI is InChI=1S/C16H20FNOS/c1-11(18-20(19)16(2,3)4)12-7-5-9-14-13(12)8-6-10-15(14)17/h5-11,18H,1-4H3. The van der Waals surface area contributed by atoms with E-state index < -0.39 is 11.0 Å². The molecule has 0 aliphatic carbocycles. The molecule has 2 atom stereocenters. The summed E-state index contributed by atoms with van der Waals surface area (Å²) in [6.07, 6.45) is 0. The first-order chi connectivity index (χ1) is 9.30. The maximum absolute atomic E-state index is 13.8. The van der Waals surface area contributed by atoms with Gasteiger partial charge < -0.3 is 0 Å². The second-order valence-corrected chi connectivity index (χ2v) is 7.90. The highest BCUT2D eigenvalue weighted by atomic mass is 32.2. The van der Waals surface area contributed by atoms with Crippen LogP contribution in [0.1, 0.15) is 39.3 Å². The van der Waals surface area contributed by atoms with E-state index in [2.05, 4.69) is 4.72 Å². The molecule has 0 aromatic heterocycles. The fourth-order valence-corrected chi connectivity index (χ4v) is 2.88. The Balaban J connectivity index is 2.38. The summed E-state index contributed by atoms with van der Waals surface area (Å²) in [6, 6.07) is 10.5. The van der Waals surface area contributed by atoms with Gasteiger partial charge in [-0.15, -0.1) is 0 Å². The third kappa shape index (κ3) is 3.07. The van der Waals surface area contributed by atoms with Gasteiger partial charge in [0.2, 0.25) is 0 Å². The van der Waals surface area contributed by atoms with Gasteiger partial charge in [-0.05, 0) is 44.7 Å². The lowest BCUT2D eigenvalue weighted by molar-refractivity contribution is 0.617. The van der Waals surface area contributed by atoms with Crippen LogP contribution in [0.15, 0.2) is 36.4 Å². The van der Waals surface area contributed by atoms with Crippen LogP contribution < -0.4 is 4.72 Å². The summed E-state index contributed by atoms with van der Waals surface area (Å²) in [4.78, 5) is 0. The molecule has 20 heavy (non-hydrogen) atoms. The molecule has 108 valence electrons. The normalized spacial score (nSPS) is 15.2. The molecule has 2 unspecified atom stereocenters. The van der Waals surface area contributed by atoms with Gasteiger partial charge in [0.15, 0.2) is 0 Å². The largest absolute Gasteiger partial charge is 0.242 e. The van der Waals surface area contributed by atoms with Crippen LogP contribution in [-0.4, -0.2) is 8.96 Å². The van der Waals surface area contributed by atoms with E-state index >= 15 is 0 Å². The average Bonchev–Trinajstić information content (AvgIpc) is 2.37. The van der Waals surface area contributed by atoms with Crippen LogP contribution in [0.5, 0.6) is 0 Å². The van der Waals surface area contributed by atoms with E-state index in [1.54, 1.807) is 12.1 Å². The second-order valence-electron chi connectivity index (χ2n) is 5.90. The van der Waals surface area contributed by atoms with Crippen LogP contribution in [-0.2, 0) is 11.0 Å². The number of benzene rings is 2. The lowest BCUT2D eigenvalue weighted by atomic mass is 10.00. The minimum Gasteiger partial charge on any atom is -0.242 e. The van der Waals surface area contributed by atoms with E-state index in [0.717, 1.165) is 10.9 Å². The topological polar surface area (TPSA) is 29.1 Å². The minimum absolute atomic E-state index is 0.111. The monoisotopic (exact) mass is 293 g/mol. The van der Waals surface area contributed by atoms with E-state index in [1.165, 1.54) is 6.07 Å². The Morgan fingerprint density at radius 1 is 1.10 bits per heavy atom. The highest BCUT2D eigenvalue weighted by Crippen LogP contribution is 2.27. The second kappa shape index (κ2) is 5.62. The molecule has 0 spiro atoms. The van der Waals surface area contributed by atoms with Crippen molar-refractivity contribution in [3.8, 4) is 0 Å². The molecule has 0 fully saturated rings. The number of hydrogen-bond acceptors (Lipinski definition) is 1. The summed E-state index contributed by atoms with van der Waals surface area (Å²) < 4.78 is 28.7. The first-order valence-corrected chi connectivity index (χ1v) is 7.81. The molecular formula is C16H20FNOS. The van der Waals surface area contributed by atoms with Crippen molar-refractivity contribution in [1.29, 1.82) is 0 Å². The van der Waals surface area contributed by atoms with Crippen LogP contribution in [0.3, 0.4) is 0 Å². The zero-order valence-electron chi connectivity index (χ0n) is 12.2. The molecule has 2 aromatic carbocycles. The molecule has 2 aromatic rings. The predicted molar refractivity (Wildman–Crippen MR) is 83.4 cm³/mol. The van der Waals surface area contributed by atoms with Crippen LogP contribution in [0, 0.1) is 5.82 Å².